The standard InChI is InChI=1S/C8H20N.6AsFH2O3/c1-5-9(6-2,7-3)8-4;6*2-1(3,4)5/h5-8H2,1-4H3;6*(H2,3,4,5)/q+1;;;;;;. The molecule has 0 amide bonds. The molecule has 0 aromatic rings. The molecule has 0 fully saturated rings. The minimum atomic E-state index is -5.62. The van der Waals surface area contributed by atoms with Gasteiger partial charge in [0.05, 0.1) is 26.2 Å². The Labute approximate surface area is 237 Å². The third kappa shape index (κ3) is 311. The number of halogens is 6. The molecule has 39 heavy (non-hydrogen) atoms. The van der Waals surface area contributed by atoms with Crippen LogP contribution in [-0.4, -0.2) is 168 Å². The van der Waals surface area contributed by atoms with Crippen LogP contribution in [0.5, 0.6) is 0 Å². The van der Waals surface area contributed by atoms with Crippen LogP contribution in [0.15, 0.2) is 0 Å². The Morgan fingerprint density at radius 1 is 0.359 bits per heavy atom. The summed E-state index contributed by atoms with van der Waals surface area (Å²) in [5, 5.41) is 0. The van der Waals surface area contributed by atoms with Gasteiger partial charge in [-0.05, 0) is 27.7 Å². The summed E-state index contributed by atoms with van der Waals surface area (Å²) in [6.07, 6.45) is 0. The fourth-order valence-corrected chi connectivity index (χ4v) is 1.34. The molecular formula is C8H32As6F6NO18+. The molecular weight excluding hydrogens is 962 g/mol. The normalized spacial score (nSPS) is 11.8. The van der Waals surface area contributed by atoms with Gasteiger partial charge in [0.2, 0.25) is 0 Å². The Morgan fingerprint density at radius 3 is 0.410 bits per heavy atom. The van der Waals surface area contributed by atoms with Gasteiger partial charge in [0.1, 0.15) is 0 Å². The van der Waals surface area contributed by atoms with Crippen molar-refractivity contribution in [1.29, 1.82) is 0 Å². The molecule has 0 atom stereocenters. The third-order valence-electron chi connectivity index (χ3n) is 2.68. The zero-order chi connectivity index (χ0) is 34.3. The third-order valence-corrected chi connectivity index (χ3v) is 2.68. The van der Waals surface area contributed by atoms with Crippen LogP contribution in [0.25, 0.3) is 0 Å². The molecule has 0 aliphatic carbocycles. The van der Waals surface area contributed by atoms with Crippen LogP contribution in [0.3, 0.4) is 0 Å². The van der Waals surface area contributed by atoms with E-state index in [1.54, 1.807) is 0 Å². The molecule has 0 unspecified atom stereocenters. The molecule has 0 aromatic heterocycles. The van der Waals surface area contributed by atoms with Gasteiger partial charge < -0.3 is 4.48 Å². The fraction of sp³-hybridized carbons (Fsp3) is 1.00. The van der Waals surface area contributed by atoms with Crippen LogP contribution in [0, 0.1) is 0 Å². The quantitative estimate of drug-likeness (QED) is 0.0711. The molecule has 12 N–H and O–H groups in total. The first-order chi connectivity index (χ1) is 16.2. The molecule has 0 aromatic carbocycles. The van der Waals surface area contributed by atoms with Crippen molar-refractivity contribution in [3.63, 3.8) is 0 Å². The second-order valence-corrected chi connectivity index (χ2v) is 17.4. The van der Waals surface area contributed by atoms with Crippen molar-refractivity contribution in [2.75, 3.05) is 26.2 Å². The molecule has 0 bridgehead atoms. The second kappa shape index (κ2) is 25.7. The van der Waals surface area contributed by atoms with Crippen molar-refractivity contribution in [1.82, 2.24) is 0 Å². The molecule has 0 spiro atoms. The maximum atomic E-state index is 10.4. The molecule has 0 aliphatic rings. The summed E-state index contributed by atoms with van der Waals surface area (Å²) in [5.74, 6) is 0. The van der Waals surface area contributed by atoms with E-state index in [1.165, 1.54) is 30.7 Å². The van der Waals surface area contributed by atoms with Crippen molar-refractivity contribution in [3.05, 3.63) is 0 Å². The van der Waals surface area contributed by atoms with Crippen molar-refractivity contribution in [3.8, 4) is 0 Å². The molecule has 0 rings (SSSR count). The SMILES string of the molecule is CC[N+](CC)(CC)CC.O=[As](O)(O)F.O=[As](O)(O)F.O=[As](O)(O)F.O=[As](O)(O)F.O=[As](O)(O)F.O=[As](O)(O)F. The van der Waals surface area contributed by atoms with Crippen LogP contribution in [0.1, 0.15) is 27.7 Å². The van der Waals surface area contributed by atoms with Gasteiger partial charge in [0.25, 0.3) is 0 Å². The monoisotopic (exact) mass is 994 g/mol. The summed E-state index contributed by atoms with van der Waals surface area (Å²) in [4.78, 5) is 0. The average Bonchev–Trinajstić information content (AvgIpc) is 2.48. The molecule has 0 aliphatic heterocycles. The van der Waals surface area contributed by atoms with E-state index in [0.29, 0.717) is 0 Å². The summed E-state index contributed by atoms with van der Waals surface area (Å²) in [6.45, 7) is 14.2. The molecule has 19 nitrogen and oxygen atoms in total. The van der Waals surface area contributed by atoms with Crippen molar-refractivity contribution < 1.29 is 96.9 Å². The van der Waals surface area contributed by atoms with Crippen LogP contribution in [0.4, 0.5) is 20.8 Å². The van der Waals surface area contributed by atoms with E-state index in [2.05, 4.69) is 27.7 Å². The minimum absolute atomic E-state index is 1.28. The van der Waals surface area contributed by atoms with Crippen LogP contribution >= 0.6 is 0 Å². The first-order valence-corrected chi connectivity index (χ1v) is 27.5. The van der Waals surface area contributed by atoms with Gasteiger partial charge in [-0.3, -0.25) is 0 Å². The van der Waals surface area contributed by atoms with E-state index >= 15 is 0 Å². The Hall–Kier alpha value is 1.21. The fourth-order valence-electron chi connectivity index (χ4n) is 1.34. The summed E-state index contributed by atoms with van der Waals surface area (Å²) in [7, 11) is 0. The summed E-state index contributed by atoms with van der Waals surface area (Å²) < 4.78 is 200. The Kier molecular flexibility index (Phi) is 36.9. The maximum absolute atomic E-state index is 10.4. The summed E-state index contributed by atoms with van der Waals surface area (Å²) in [6, 6.07) is 0. The number of quaternary nitrogens is 1. The van der Waals surface area contributed by atoms with Crippen molar-refractivity contribution in [2.24, 2.45) is 0 Å². The van der Waals surface area contributed by atoms with Gasteiger partial charge >= 0.3 is 180 Å². The zero-order valence-corrected chi connectivity index (χ0v) is 31.3. The van der Waals surface area contributed by atoms with E-state index in [1.807, 2.05) is 0 Å². The first-order valence-electron chi connectivity index (χ1n) is 8.60. The zero-order valence-electron chi connectivity index (χ0n) is 20.0. The topological polar surface area (TPSA) is 345 Å². The van der Waals surface area contributed by atoms with Gasteiger partial charge in [-0.15, -0.1) is 0 Å². The molecule has 31 heteroatoms. The van der Waals surface area contributed by atoms with E-state index in [-0.39, 0.29) is 0 Å². The van der Waals surface area contributed by atoms with Gasteiger partial charge in [-0.1, -0.05) is 0 Å². The van der Waals surface area contributed by atoms with Gasteiger partial charge in [0.15, 0.2) is 0 Å². The van der Waals surface area contributed by atoms with Crippen molar-refractivity contribution >= 4 is 87.9 Å². The number of rotatable bonds is 4. The van der Waals surface area contributed by atoms with Gasteiger partial charge in [0, 0.05) is 0 Å². The van der Waals surface area contributed by atoms with E-state index in [9.17, 15) is 20.8 Å². The molecule has 0 saturated carbocycles. The number of hydrogen-bond donors (Lipinski definition) is 12. The van der Waals surface area contributed by atoms with E-state index in [0.717, 1.165) is 0 Å². The van der Waals surface area contributed by atoms with E-state index < -0.39 is 87.9 Å². The van der Waals surface area contributed by atoms with Crippen LogP contribution in [0.2, 0.25) is 0 Å². The van der Waals surface area contributed by atoms with Gasteiger partial charge in [-0.2, -0.15) is 0 Å². The second-order valence-electron chi connectivity index (χ2n) is 5.44. The first kappa shape index (κ1) is 56.1. The van der Waals surface area contributed by atoms with Gasteiger partial charge in [-0.25, -0.2) is 0 Å². The predicted octanol–water partition coefficient (Wildman–Crippen LogP) is -5.28. The molecule has 0 saturated heterocycles. The molecule has 0 heterocycles. The molecule has 0 radical (unpaired) electrons. The Morgan fingerprint density at radius 2 is 0.410 bits per heavy atom. The average molecular weight is 994 g/mol. The van der Waals surface area contributed by atoms with Crippen LogP contribution < -0.4 is 0 Å². The predicted molar refractivity (Wildman–Crippen MR) is 114 cm³/mol. The number of hydrogen-bond acceptors (Lipinski definition) is 6. The number of nitrogens with zero attached hydrogens (tertiary/aromatic N) is 1. The summed E-state index contributed by atoms with van der Waals surface area (Å²) in [5.41, 5.74) is 0. The van der Waals surface area contributed by atoms with E-state index in [4.69, 9.17) is 71.6 Å². The molecule has 248 valence electrons. The Bertz CT molecular complexity index is 634. The summed E-state index contributed by atoms with van der Waals surface area (Å²) >= 11 is -33.8. The van der Waals surface area contributed by atoms with Crippen LogP contribution in [-0.2, 0) is 22.4 Å². The van der Waals surface area contributed by atoms with Crippen molar-refractivity contribution in [2.45, 2.75) is 27.7 Å². The Balaban J connectivity index is -0.0000000622.